The first-order valence-corrected chi connectivity index (χ1v) is 4.15. The largest absolute Gasteiger partial charge is 0.468 e. The van der Waals surface area contributed by atoms with Gasteiger partial charge in [0.05, 0.1) is 12.8 Å². The van der Waals surface area contributed by atoms with E-state index in [1.165, 1.54) is 7.11 Å². The number of methoxy groups -OCH3 is 1. The summed E-state index contributed by atoms with van der Waals surface area (Å²) in [4.78, 5) is 11.1. The molecular formula is C6H9N3O2S. The maximum Gasteiger partial charge on any atom is 0.325 e. The van der Waals surface area contributed by atoms with E-state index in [1.54, 1.807) is 6.92 Å². The molecule has 0 saturated heterocycles. The number of rotatable bonds is 1. The Hall–Kier alpha value is -1.04. The predicted molar refractivity (Wildman–Crippen MR) is 48.1 cm³/mol. The molecule has 0 aromatic heterocycles. The summed E-state index contributed by atoms with van der Waals surface area (Å²) in [6.07, 6.45) is 0. The van der Waals surface area contributed by atoms with Crippen LogP contribution in [0.15, 0.2) is 10.2 Å². The summed E-state index contributed by atoms with van der Waals surface area (Å²) in [7, 11) is 1.33. The normalized spacial score (nSPS) is 22.7. The van der Waals surface area contributed by atoms with E-state index in [4.69, 9.17) is 5.73 Å². The highest BCUT2D eigenvalue weighted by Gasteiger charge is 2.27. The van der Waals surface area contributed by atoms with Gasteiger partial charge in [-0.2, -0.15) is 5.10 Å². The van der Waals surface area contributed by atoms with Gasteiger partial charge in [0.2, 0.25) is 0 Å². The predicted octanol–water partition coefficient (Wildman–Crippen LogP) is -0.0346. The second-order valence-corrected chi connectivity index (χ2v) is 3.33. The fourth-order valence-corrected chi connectivity index (χ4v) is 1.48. The topological polar surface area (TPSA) is 77.0 Å². The lowest BCUT2D eigenvalue weighted by Crippen LogP contribution is -2.31. The van der Waals surface area contributed by atoms with Gasteiger partial charge in [0, 0.05) is 0 Å². The maximum absolute atomic E-state index is 11.1. The first-order chi connectivity index (χ1) is 5.65. The van der Waals surface area contributed by atoms with Crippen LogP contribution in [0.3, 0.4) is 0 Å². The minimum atomic E-state index is -0.438. The highest BCUT2D eigenvalue weighted by Crippen LogP contribution is 2.18. The Morgan fingerprint density at radius 1 is 1.67 bits per heavy atom. The van der Waals surface area contributed by atoms with E-state index in [-0.39, 0.29) is 11.1 Å². The molecule has 1 rings (SSSR count). The van der Waals surface area contributed by atoms with Crippen LogP contribution in [-0.4, -0.2) is 29.2 Å². The van der Waals surface area contributed by atoms with Crippen molar-refractivity contribution in [3.8, 4) is 0 Å². The summed E-state index contributed by atoms with van der Waals surface area (Å²) in [6, 6.07) is 0. The quantitative estimate of drug-likeness (QED) is 0.584. The SMILES string of the molecule is COC(=O)C1SC(N)=NN=C1C. The number of thioether (sulfide) groups is 1. The molecule has 1 atom stereocenters. The van der Waals surface area contributed by atoms with Gasteiger partial charge >= 0.3 is 5.97 Å². The Morgan fingerprint density at radius 3 is 2.92 bits per heavy atom. The lowest BCUT2D eigenvalue weighted by atomic mass is 10.3. The molecule has 0 saturated carbocycles. The molecule has 0 bridgehead atoms. The molecule has 66 valence electrons. The smallest absolute Gasteiger partial charge is 0.325 e. The minimum Gasteiger partial charge on any atom is -0.468 e. The van der Waals surface area contributed by atoms with Gasteiger partial charge in [-0.1, -0.05) is 11.8 Å². The second-order valence-electron chi connectivity index (χ2n) is 2.20. The molecule has 0 aliphatic carbocycles. The molecule has 0 aromatic rings. The Labute approximate surface area is 74.1 Å². The van der Waals surface area contributed by atoms with Crippen molar-refractivity contribution in [2.45, 2.75) is 12.2 Å². The molecule has 0 aromatic carbocycles. The number of carbonyl (C=O) groups is 1. The lowest BCUT2D eigenvalue weighted by molar-refractivity contribution is -0.138. The fraction of sp³-hybridized carbons (Fsp3) is 0.500. The van der Waals surface area contributed by atoms with Crippen molar-refractivity contribution in [3.63, 3.8) is 0 Å². The Morgan fingerprint density at radius 2 is 2.33 bits per heavy atom. The van der Waals surface area contributed by atoms with E-state index in [2.05, 4.69) is 14.9 Å². The van der Waals surface area contributed by atoms with E-state index in [0.717, 1.165) is 11.8 Å². The van der Waals surface area contributed by atoms with Crippen LogP contribution in [-0.2, 0) is 9.53 Å². The number of hydrogen-bond acceptors (Lipinski definition) is 6. The molecule has 2 N–H and O–H groups in total. The van der Waals surface area contributed by atoms with E-state index in [9.17, 15) is 4.79 Å². The zero-order valence-corrected chi connectivity index (χ0v) is 7.59. The zero-order chi connectivity index (χ0) is 9.14. The highest BCUT2D eigenvalue weighted by atomic mass is 32.2. The van der Waals surface area contributed by atoms with Gasteiger partial charge in [0.1, 0.15) is 5.25 Å². The van der Waals surface area contributed by atoms with Gasteiger partial charge in [-0.15, -0.1) is 5.10 Å². The Kier molecular flexibility index (Phi) is 2.69. The monoisotopic (exact) mass is 187 g/mol. The summed E-state index contributed by atoms with van der Waals surface area (Å²) in [6.45, 7) is 1.71. The Balaban J connectivity index is 2.76. The third-order valence-corrected chi connectivity index (χ3v) is 2.43. The molecule has 0 amide bonds. The van der Waals surface area contributed by atoms with Crippen molar-refractivity contribution in [1.82, 2.24) is 0 Å². The Bertz CT molecular complexity index is 262. The van der Waals surface area contributed by atoms with Crippen LogP contribution in [0.5, 0.6) is 0 Å². The van der Waals surface area contributed by atoms with Crippen molar-refractivity contribution in [1.29, 1.82) is 0 Å². The van der Waals surface area contributed by atoms with Crippen LogP contribution in [0.25, 0.3) is 0 Å². The molecule has 1 aliphatic heterocycles. The average Bonchev–Trinajstić information content (AvgIpc) is 2.08. The number of hydrogen-bond donors (Lipinski definition) is 1. The maximum atomic E-state index is 11.1. The van der Waals surface area contributed by atoms with Crippen molar-refractivity contribution in [3.05, 3.63) is 0 Å². The second kappa shape index (κ2) is 3.57. The summed E-state index contributed by atoms with van der Waals surface area (Å²) >= 11 is 1.15. The third-order valence-electron chi connectivity index (χ3n) is 1.34. The lowest BCUT2D eigenvalue weighted by Gasteiger charge is -2.14. The molecule has 6 heteroatoms. The fourth-order valence-electron chi connectivity index (χ4n) is 0.736. The van der Waals surface area contributed by atoms with Crippen LogP contribution in [0.1, 0.15) is 6.92 Å². The number of carbonyl (C=O) groups excluding carboxylic acids is 1. The molecule has 0 fully saturated rings. The molecule has 5 nitrogen and oxygen atoms in total. The summed E-state index contributed by atoms with van der Waals surface area (Å²) in [5.74, 6) is -0.348. The first kappa shape index (κ1) is 9.05. The van der Waals surface area contributed by atoms with Gasteiger partial charge in [-0.05, 0) is 6.92 Å². The van der Waals surface area contributed by atoms with E-state index >= 15 is 0 Å². The molecule has 1 aliphatic rings. The third kappa shape index (κ3) is 1.76. The summed E-state index contributed by atoms with van der Waals surface area (Å²) in [5.41, 5.74) is 5.99. The van der Waals surface area contributed by atoms with Crippen molar-refractivity contribution < 1.29 is 9.53 Å². The van der Waals surface area contributed by atoms with Gasteiger partial charge in [-0.3, -0.25) is 4.79 Å². The standard InChI is InChI=1S/C6H9N3O2S/c1-3-4(5(10)11-2)12-6(7)9-8-3/h4H,1-2H3,(H2,7,9). The average molecular weight is 187 g/mol. The molecule has 1 heterocycles. The van der Waals surface area contributed by atoms with Crippen molar-refractivity contribution in [2.75, 3.05) is 7.11 Å². The molecular weight excluding hydrogens is 178 g/mol. The zero-order valence-electron chi connectivity index (χ0n) is 6.77. The van der Waals surface area contributed by atoms with E-state index in [1.807, 2.05) is 0 Å². The van der Waals surface area contributed by atoms with Gasteiger partial charge in [-0.25, -0.2) is 0 Å². The summed E-state index contributed by atoms with van der Waals surface area (Å²) in [5, 5.41) is 7.19. The van der Waals surface area contributed by atoms with Crippen molar-refractivity contribution >= 4 is 28.6 Å². The van der Waals surface area contributed by atoms with Crippen LogP contribution in [0.2, 0.25) is 0 Å². The number of amidine groups is 1. The molecule has 1 unspecified atom stereocenters. The highest BCUT2D eigenvalue weighted by molar-refractivity contribution is 8.15. The van der Waals surface area contributed by atoms with Crippen LogP contribution in [0.4, 0.5) is 0 Å². The number of esters is 1. The van der Waals surface area contributed by atoms with Crippen LogP contribution < -0.4 is 5.73 Å². The van der Waals surface area contributed by atoms with E-state index in [0.29, 0.717) is 5.71 Å². The van der Waals surface area contributed by atoms with Gasteiger partial charge in [0.25, 0.3) is 0 Å². The van der Waals surface area contributed by atoms with Gasteiger partial charge in [0.15, 0.2) is 5.17 Å². The minimum absolute atomic E-state index is 0.288. The number of nitrogens with zero attached hydrogens (tertiary/aromatic N) is 2. The van der Waals surface area contributed by atoms with Crippen molar-refractivity contribution in [2.24, 2.45) is 15.9 Å². The number of nitrogens with two attached hydrogens (primary N) is 1. The van der Waals surface area contributed by atoms with E-state index < -0.39 is 5.25 Å². The molecule has 0 radical (unpaired) electrons. The summed E-state index contributed by atoms with van der Waals surface area (Å²) < 4.78 is 4.56. The molecule has 12 heavy (non-hydrogen) atoms. The molecule has 0 spiro atoms. The van der Waals surface area contributed by atoms with Crippen LogP contribution >= 0.6 is 11.8 Å². The number of ether oxygens (including phenoxy) is 1. The van der Waals surface area contributed by atoms with Crippen LogP contribution in [0, 0.1) is 0 Å². The first-order valence-electron chi connectivity index (χ1n) is 3.27. The van der Waals surface area contributed by atoms with Gasteiger partial charge < -0.3 is 10.5 Å².